The fourth-order valence-corrected chi connectivity index (χ4v) is 1.32. The van der Waals surface area contributed by atoms with Crippen molar-refractivity contribution in [2.24, 2.45) is 0 Å². The second-order valence-corrected chi connectivity index (χ2v) is 3.43. The van der Waals surface area contributed by atoms with Crippen LogP contribution in [-0.2, 0) is 0 Å². The molecule has 0 unspecified atom stereocenters. The number of benzene rings is 1. The van der Waals surface area contributed by atoms with E-state index in [0.717, 1.165) is 12.1 Å². The molecule has 92 valence electrons. The van der Waals surface area contributed by atoms with Crippen LogP contribution in [0.4, 0.5) is 20.2 Å². The lowest BCUT2D eigenvalue weighted by Crippen LogP contribution is -2.15. The molecule has 0 aliphatic carbocycles. The van der Waals surface area contributed by atoms with Gasteiger partial charge in [-0.2, -0.15) is 0 Å². The first-order valence-corrected chi connectivity index (χ1v) is 4.89. The highest BCUT2D eigenvalue weighted by molar-refractivity contribution is 6.07. The summed E-state index contributed by atoms with van der Waals surface area (Å²) in [6.07, 6.45) is 4.02. The Morgan fingerprint density at radius 3 is 2.44 bits per heavy atom. The fourth-order valence-electron chi connectivity index (χ4n) is 1.32. The number of halogens is 2. The quantitative estimate of drug-likeness (QED) is 0.793. The molecule has 0 atom stereocenters. The molecule has 1 amide bonds. The van der Waals surface area contributed by atoms with Gasteiger partial charge in [0.2, 0.25) is 0 Å². The average Bonchev–Trinajstić information content (AvgIpc) is 2.35. The number of nitrogens with zero attached hydrogens (tertiary/aromatic N) is 2. The van der Waals surface area contributed by atoms with Crippen LogP contribution in [0.2, 0.25) is 0 Å². The normalized spacial score (nSPS) is 10.1. The van der Waals surface area contributed by atoms with E-state index in [1.807, 2.05) is 0 Å². The molecule has 3 N–H and O–H groups in total. The molecule has 2 aromatic rings. The number of amides is 1. The number of carbonyl (C=O) groups excluding carboxylic acids is 1. The predicted molar refractivity (Wildman–Crippen MR) is 60.8 cm³/mol. The first-order valence-electron chi connectivity index (χ1n) is 4.89. The number of rotatable bonds is 2. The third kappa shape index (κ3) is 2.40. The Kier molecular flexibility index (Phi) is 3.13. The van der Waals surface area contributed by atoms with E-state index in [1.54, 1.807) is 0 Å². The average molecular weight is 250 g/mol. The second kappa shape index (κ2) is 4.74. The summed E-state index contributed by atoms with van der Waals surface area (Å²) in [6, 6.07) is 1.50. The van der Waals surface area contributed by atoms with Crippen molar-refractivity contribution in [3.05, 3.63) is 48.1 Å². The molecule has 0 aliphatic rings. The number of hydrogen-bond donors (Lipinski definition) is 2. The van der Waals surface area contributed by atoms with Crippen molar-refractivity contribution in [1.82, 2.24) is 9.97 Å². The van der Waals surface area contributed by atoms with Gasteiger partial charge in [0.1, 0.15) is 6.33 Å². The molecule has 1 heterocycles. The second-order valence-electron chi connectivity index (χ2n) is 3.43. The first kappa shape index (κ1) is 11.9. The van der Waals surface area contributed by atoms with E-state index in [0.29, 0.717) is 5.69 Å². The first-order chi connectivity index (χ1) is 8.58. The van der Waals surface area contributed by atoms with Gasteiger partial charge in [-0.25, -0.2) is 18.7 Å². The number of nitrogen functional groups attached to an aromatic ring is 1. The van der Waals surface area contributed by atoms with Crippen molar-refractivity contribution in [2.75, 3.05) is 11.1 Å². The molecule has 7 heteroatoms. The van der Waals surface area contributed by atoms with Gasteiger partial charge in [0.15, 0.2) is 11.6 Å². The molecule has 2 rings (SSSR count). The number of nitrogens with one attached hydrogen (secondary N) is 1. The zero-order chi connectivity index (χ0) is 13.1. The van der Waals surface area contributed by atoms with E-state index in [4.69, 9.17) is 5.73 Å². The molecule has 5 nitrogen and oxygen atoms in total. The van der Waals surface area contributed by atoms with E-state index in [1.165, 1.54) is 18.7 Å². The van der Waals surface area contributed by atoms with Gasteiger partial charge < -0.3 is 11.1 Å². The van der Waals surface area contributed by atoms with Crippen molar-refractivity contribution in [2.45, 2.75) is 0 Å². The van der Waals surface area contributed by atoms with Gasteiger partial charge in [-0.1, -0.05) is 0 Å². The van der Waals surface area contributed by atoms with E-state index in [2.05, 4.69) is 15.3 Å². The third-order valence-corrected chi connectivity index (χ3v) is 2.16. The van der Waals surface area contributed by atoms with Crippen LogP contribution < -0.4 is 11.1 Å². The lowest BCUT2D eigenvalue weighted by Gasteiger charge is -2.07. The van der Waals surface area contributed by atoms with Crippen LogP contribution in [0.1, 0.15) is 10.4 Å². The molecular weight excluding hydrogens is 242 g/mol. The molecule has 0 saturated carbocycles. The highest BCUT2D eigenvalue weighted by Gasteiger charge is 2.14. The molecular formula is C11H8F2N4O. The number of hydrogen-bond acceptors (Lipinski definition) is 4. The predicted octanol–water partition coefficient (Wildman–Crippen LogP) is 1.59. The molecule has 0 saturated heterocycles. The molecule has 1 aromatic carbocycles. The van der Waals surface area contributed by atoms with Crippen LogP contribution in [0.5, 0.6) is 0 Å². The van der Waals surface area contributed by atoms with Gasteiger partial charge in [-0.15, -0.1) is 0 Å². The van der Waals surface area contributed by atoms with Gasteiger partial charge in [-0.3, -0.25) is 4.79 Å². The summed E-state index contributed by atoms with van der Waals surface area (Å²) in [5.74, 6) is -2.91. The highest BCUT2D eigenvalue weighted by Crippen LogP contribution is 2.18. The molecule has 0 radical (unpaired) electrons. The number of aromatic nitrogens is 2. The lowest BCUT2D eigenvalue weighted by atomic mass is 10.1. The van der Waals surface area contributed by atoms with Crippen LogP contribution in [0.3, 0.4) is 0 Å². The lowest BCUT2D eigenvalue weighted by molar-refractivity contribution is 0.102. The topological polar surface area (TPSA) is 80.9 Å². The van der Waals surface area contributed by atoms with Crippen LogP contribution in [0.15, 0.2) is 30.9 Å². The van der Waals surface area contributed by atoms with Gasteiger partial charge in [0.25, 0.3) is 5.91 Å². The largest absolute Gasteiger partial charge is 0.398 e. The minimum Gasteiger partial charge on any atom is -0.398 e. The number of carbonyl (C=O) groups is 1. The van der Waals surface area contributed by atoms with E-state index in [9.17, 15) is 13.6 Å². The summed E-state index contributed by atoms with van der Waals surface area (Å²) >= 11 is 0. The Morgan fingerprint density at radius 2 is 1.78 bits per heavy atom. The zero-order valence-corrected chi connectivity index (χ0v) is 9.02. The monoisotopic (exact) mass is 250 g/mol. The molecule has 0 aliphatic heterocycles. The van der Waals surface area contributed by atoms with E-state index >= 15 is 0 Å². The Bertz CT molecular complexity index is 589. The Morgan fingerprint density at radius 1 is 1.17 bits per heavy atom. The van der Waals surface area contributed by atoms with Crippen molar-refractivity contribution in [3.63, 3.8) is 0 Å². The minimum atomic E-state index is -1.14. The van der Waals surface area contributed by atoms with Crippen molar-refractivity contribution in [3.8, 4) is 0 Å². The van der Waals surface area contributed by atoms with Crippen molar-refractivity contribution in [1.29, 1.82) is 0 Å². The maximum Gasteiger partial charge on any atom is 0.257 e. The SMILES string of the molecule is Nc1cc(F)c(F)cc1C(=O)Nc1cncnc1. The van der Waals surface area contributed by atoms with Crippen LogP contribution in [0.25, 0.3) is 0 Å². The maximum absolute atomic E-state index is 13.0. The minimum absolute atomic E-state index is 0.150. The summed E-state index contributed by atoms with van der Waals surface area (Å²) in [6.45, 7) is 0. The molecule has 0 spiro atoms. The van der Waals surface area contributed by atoms with Gasteiger partial charge in [0, 0.05) is 11.8 Å². The van der Waals surface area contributed by atoms with Gasteiger partial charge >= 0.3 is 0 Å². The standard InChI is InChI=1S/C11H8F2N4O/c12-8-1-7(10(14)2-9(8)13)11(18)17-6-3-15-5-16-4-6/h1-5H,14H2,(H,17,18). The molecule has 18 heavy (non-hydrogen) atoms. The number of anilines is 2. The van der Waals surface area contributed by atoms with Crippen molar-refractivity contribution < 1.29 is 13.6 Å². The Balaban J connectivity index is 2.27. The summed E-state index contributed by atoms with van der Waals surface area (Å²) in [4.78, 5) is 19.2. The Hall–Kier alpha value is -2.57. The van der Waals surface area contributed by atoms with Gasteiger partial charge in [-0.05, 0) is 6.07 Å². The van der Waals surface area contributed by atoms with Crippen molar-refractivity contribution >= 4 is 17.3 Å². The fraction of sp³-hybridized carbons (Fsp3) is 0. The van der Waals surface area contributed by atoms with E-state index < -0.39 is 17.5 Å². The van der Waals surface area contributed by atoms with Crippen LogP contribution in [-0.4, -0.2) is 15.9 Å². The maximum atomic E-state index is 13.0. The smallest absolute Gasteiger partial charge is 0.257 e. The summed E-state index contributed by atoms with van der Waals surface area (Å²) in [5.41, 5.74) is 5.47. The van der Waals surface area contributed by atoms with E-state index in [-0.39, 0.29) is 11.3 Å². The number of nitrogens with two attached hydrogens (primary N) is 1. The molecule has 0 bridgehead atoms. The van der Waals surface area contributed by atoms with Crippen LogP contribution in [0, 0.1) is 11.6 Å². The highest BCUT2D eigenvalue weighted by atomic mass is 19.2. The zero-order valence-electron chi connectivity index (χ0n) is 9.02. The van der Waals surface area contributed by atoms with Gasteiger partial charge in [0.05, 0.1) is 23.6 Å². The third-order valence-electron chi connectivity index (χ3n) is 2.16. The summed E-state index contributed by atoms with van der Waals surface area (Å²) < 4.78 is 25.9. The Labute approximate surface area is 101 Å². The summed E-state index contributed by atoms with van der Waals surface area (Å²) in [5, 5.41) is 2.41. The summed E-state index contributed by atoms with van der Waals surface area (Å²) in [7, 11) is 0. The van der Waals surface area contributed by atoms with Crippen LogP contribution >= 0.6 is 0 Å². The molecule has 0 fully saturated rings. The molecule has 1 aromatic heterocycles.